The molecule has 1 aliphatic rings. The third-order valence-electron chi connectivity index (χ3n) is 7.55. The van der Waals surface area contributed by atoms with Crippen molar-refractivity contribution in [3.8, 4) is 28.6 Å². The van der Waals surface area contributed by atoms with Crippen LogP contribution < -0.4 is 13.8 Å². The smallest absolute Gasteiger partial charge is 0.246 e. The summed E-state index contributed by atoms with van der Waals surface area (Å²) in [6, 6.07) is 8.02. The molecule has 12 heteroatoms. The van der Waals surface area contributed by atoms with Crippen LogP contribution in [-0.4, -0.2) is 75.4 Å². The van der Waals surface area contributed by atoms with Crippen LogP contribution in [0.15, 0.2) is 36.7 Å². The minimum atomic E-state index is -3.96. The molecule has 1 fully saturated rings. The van der Waals surface area contributed by atoms with Crippen molar-refractivity contribution in [2.45, 2.75) is 51.8 Å². The van der Waals surface area contributed by atoms with Gasteiger partial charge >= 0.3 is 0 Å². The van der Waals surface area contributed by atoms with Crippen LogP contribution in [0, 0.1) is 18.8 Å². The largest absolute Gasteiger partial charge is 0.494 e. The van der Waals surface area contributed by atoms with E-state index in [1.165, 1.54) is 4.31 Å². The normalized spacial score (nSPS) is 18.2. The second-order valence-corrected chi connectivity index (χ2v) is 13.7. The van der Waals surface area contributed by atoms with Crippen LogP contribution in [-0.2, 0) is 10.0 Å². The molecule has 0 aliphatic heterocycles. The van der Waals surface area contributed by atoms with Gasteiger partial charge in [-0.05, 0) is 61.4 Å². The summed E-state index contributed by atoms with van der Waals surface area (Å²) >= 11 is 0. The highest BCUT2D eigenvalue weighted by atomic mass is 32.2. The Morgan fingerprint density at radius 2 is 1.90 bits per heavy atom. The highest BCUT2D eigenvalue weighted by molar-refractivity contribution is 7.92. The van der Waals surface area contributed by atoms with Gasteiger partial charge in [0.05, 0.1) is 26.1 Å². The summed E-state index contributed by atoms with van der Waals surface area (Å²) in [4.78, 5) is 4.32. The molecule has 0 saturated heterocycles. The molecule has 2 aromatic heterocycles. The number of hydrogen-bond acceptors (Lipinski definition) is 8. The summed E-state index contributed by atoms with van der Waals surface area (Å²) < 4.78 is 42.4. The molecule has 2 heterocycles. The van der Waals surface area contributed by atoms with Gasteiger partial charge in [0.1, 0.15) is 17.2 Å². The van der Waals surface area contributed by atoms with Crippen molar-refractivity contribution in [2.75, 3.05) is 30.8 Å². The van der Waals surface area contributed by atoms with Crippen molar-refractivity contribution < 1.29 is 23.0 Å². The number of methoxy groups -OCH3 is 2. The molecular formula is C27H39N5O5SSi. The van der Waals surface area contributed by atoms with Crippen molar-refractivity contribution >= 4 is 25.5 Å². The Balaban J connectivity index is 1.90. The Bertz CT molecular complexity index is 1360. The molecule has 10 nitrogen and oxygen atoms in total. The molecule has 39 heavy (non-hydrogen) atoms. The monoisotopic (exact) mass is 573 g/mol. The van der Waals surface area contributed by atoms with Gasteiger partial charge in [-0.15, -0.1) is 10.2 Å². The van der Waals surface area contributed by atoms with Crippen molar-refractivity contribution in [3.05, 3.63) is 42.2 Å². The summed E-state index contributed by atoms with van der Waals surface area (Å²) in [7, 11) is -1.34. The summed E-state index contributed by atoms with van der Waals surface area (Å²) in [5.74, 6) is 1.46. The summed E-state index contributed by atoms with van der Waals surface area (Å²) in [6.07, 6.45) is 5.27. The van der Waals surface area contributed by atoms with E-state index in [1.807, 2.05) is 13.0 Å². The van der Waals surface area contributed by atoms with Gasteiger partial charge in [-0.3, -0.25) is 9.55 Å². The number of para-hydroxylation sites is 1. The molecule has 0 bridgehead atoms. The van der Waals surface area contributed by atoms with E-state index in [1.54, 1.807) is 49.4 Å². The van der Waals surface area contributed by atoms with Crippen molar-refractivity contribution in [1.82, 2.24) is 19.7 Å². The van der Waals surface area contributed by atoms with Crippen LogP contribution in [0.1, 0.15) is 31.7 Å². The molecule has 4 rings (SSSR count). The van der Waals surface area contributed by atoms with Gasteiger partial charge in [-0.25, -0.2) is 12.7 Å². The number of aliphatic hydroxyl groups excluding tert-OH is 1. The fourth-order valence-electron chi connectivity index (χ4n) is 5.26. The second-order valence-electron chi connectivity index (χ2n) is 10.1. The lowest BCUT2D eigenvalue weighted by Crippen LogP contribution is -2.44. The number of anilines is 1. The number of ether oxygens (including phenoxy) is 2. The lowest BCUT2D eigenvalue weighted by Gasteiger charge is -2.39. The number of sulfonamides is 1. The van der Waals surface area contributed by atoms with Crippen LogP contribution >= 0.6 is 0 Å². The Morgan fingerprint density at radius 3 is 2.46 bits per heavy atom. The number of nitrogens with zero attached hydrogens (tertiary/aromatic N) is 5. The third-order valence-corrected chi connectivity index (χ3v) is 10.4. The Kier molecular flexibility index (Phi) is 9.29. The van der Waals surface area contributed by atoms with Gasteiger partial charge in [-0.2, -0.15) is 0 Å². The molecule has 0 amide bonds. The maximum atomic E-state index is 14.0. The van der Waals surface area contributed by atoms with Crippen LogP contribution in [0.4, 0.5) is 5.95 Å². The van der Waals surface area contributed by atoms with Gasteiger partial charge in [0, 0.05) is 34.0 Å². The van der Waals surface area contributed by atoms with E-state index in [0.717, 1.165) is 30.9 Å². The molecule has 1 N–H and O–H groups in total. The zero-order valence-electron chi connectivity index (χ0n) is 23.4. The lowest BCUT2D eigenvalue weighted by atomic mass is 9.70. The Hall–Kier alpha value is -2.96. The van der Waals surface area contributed by atoms with E-state index >= 15 is 0 Å². The molecule has 1 aliphatic carbocycles. The maximum Gasteiger partial charge on any atom is 0.246 e. The minimum absolute atomic E-state index is 0.00622. The molecule has 2 unspecified atom stereocenters. The average molecular weight is 574 g/mol. The average Bonchev–Trinajstić information content (AvgIpc) is 3.31. The fraction of sp³-hybridized carbons (Fsp3) is 0.519. The van der Waals surface area contributed by atoms with E-state index in [2.05, 4.69) is 28.7 Å². The first-order chi connectivity index (χ1) is 18.7. The van der Waals surface area contributed by atoms with Crippen LogP contribution in [0.2, 0.25) is 12.6 Å². The lowest BCUT2D eigenvalue weighted by molar-refractivity contribution is 0.0254. The molecule has 1 aromatic carbocycles. The number of aryl methyl sites for hydroxylation is 1. The molecule has 1 saturated carbocycles. The van der Waals surface area contributed by atoms with Crippen molar-refractivity contribution in [2.24, 2.45) is 11.8 Å². The third kappa shape index (κ3) is 5.97. The van der Waals surface area contributed by atoms with E-state index < -0.39 is 25.6 Å². The van der Waals surface area contributed by atoms with Crippen LogP contribution in [0.5, 0.6) is 11.5 Å². The number of rotatable bonds is 13. The molecule has 3 atom stereocenters. The number of benzene rings is 1. The Morgan fingerprint density at radius 1 is 1.18 bits per heavy atom. The molecule has 0 spiro atoms. The van der Waals surface area contributed by atoms with E-state index in [4.69, 9.17) is 9.47 Å². The number of aliphatic hydroxyl groups is 1. The van der Waals surface area contributed by atoms with Gasteiger partial charge in [-0.1, -0.05) is 26.0 Å². The zero-order valence-corrected chi connectivity index (χ0v) is 25.6. The van der Waals surface area contributed by atoms with Crippen LogP contribution in [0.3, 0.4) is 0 Å². The van der Waals surface area contributed by atoms with Gasteiger partial charge < -0.3 is 14.6 Å². The highest BCUT2D eigenvalue weighted by Gasteiger charge is 2.39. The van der Waals surface area contributed by atoms with Gasteiger partial charge in [0.2, 0.25) is 16.0 Å². The number of pyridine rings is 1. The topological polar surface area (TPSA) is 120 Å². The first-order valence-electron chi connectivity index (χ1n) is 13.5. The number of aromatic nitrogens is 4. The molecule has 212 valence electrons. The summed E-state index contributed by atoms with van der Waals surface area (Å²) in [6.45, 7) is 6.40. The van der Waals surface area contributed by atoms with E-state index in [0.29, 0.717) is 34.5 Å². The zero-order chi connectivity index (χ0) is 28.2. The predicted molar refractivity (Wildman–Crippen MR) is 155 cm³/mol. The first-order valence-corrected chi connectivity index (χ1v) is 17.5. The first kappa shape index (κ1) is 29.0. The summed E-state index contributed by atoms with van der Waals surface area (Å²) in [5.41, 5.74) is 2.08. The summed E-state index contributed by atoms with van der Waals surface area (Å²) in [5, 5.41) is 19.9. The standard InChI is InChI=1S/C27H39N5O5SSi/c1-6-19-10-11-21(19)22(33)17-38(34,35)31(12-13-39-5)27-30-29-26(20-14-18(2)15-28-16-20)32(27)25-23(36-3)8-7-9-24(25)37-4/h7-9,14-16,19,21-22,33H,6,10-13,17,39H2,1-5H3/t19?,21?,22-/m0/s1. The molecule has 0 radical (unpaired) electrons. The quantitative estimate of drug-likeness (QED) is 0.310. The van der Waals surface area contributed by atoms with Gasteiger partial charge in [0.25, 0.3) is 0 Å². The maximum absolute atomic E-state index is 14.0. The van der Waals surface area contributed by atoms with E-state index in [9.17, 15) is 13.5 Å². The minimum Gasteiger partial charge on any atom is -0.494 e. The second kappa shape index (κ2) is 12.5. The molecular weight excluding hydrogens is 534 g/mol. The number of hydrogen-bond donors (Lipinski definition) is 1. The SMILES string of the molecule is CCC1CCC1[C@@H](O)CS(=O)(=O)N(CC[SiH2]C)c1nnc(-c2cncc(C)c2)n1-c1c(OC)cccc1OC. The van der Waals surface area contributed by atoms with Gasteiger partial charge in [0.15, 0.2) is 5.82 Å². The fourth-order valence-corrected chi connectivity index (χ4v) is 7.76. The molecule has 3 aromatic rings. The van der Waals surface area contributed by atoms with Crippen molar-refractivity contribution in [3.63, 3.8) is 0 Å². The Labute approximate surface area is 233 Å². The predicted octanol–water partition coefficient (Wildman–Crippen LogP) is 3.22. The van der Waals surface area contributed by atoms with Crippen LogP contribution in [0.25, 0.3) is 17.1 Å². The van der Waals surface area contributed by atoms with E-state index in [-0.39, 0.29) is 24.2 Å². The van der Waals surface area contributed by atoms with Crippen molar-refractivity contribution in [1.29, 1.82) is 0 Å². The highest BCUT2D eigenvalue weighted by Crippen LogP contribution is 2.41.